The molecular formula is C19H32Cl2N4O2. The van der Waals surface area contributed by atoms with Crippen LogP contribution in [0.2, 0.25) is 0 Å². The number of carbonyl (C=O) groups excluding carboxylic acids is 1. The minimum atomic E-state index is -0.429. The highest BCUT2D eigenvalue weighted by atomic mass is 35.5. The number of amides is 1. The number of piperazine rings is 2. The van der Waals surface area contributed by atoms with Gasteiger partial charge in [-0.15, -0.1) is 24.8 Å². The lowest BCUT2D eigenvalue weighted by Crippen LogP contribution is -2.49. The molecule has 1 aromatic rings. The fraction of sp³-hybridized carbons (Fsp3) is 0.632. The summed E-state index contributed by atoms with van der Waals surface area (Å²) in [6.45, 7) is 8.86. The molecule has 0 aromatic heterocycles. The molecule has 2 N–H and O–H groups in total. The Morgan fingerprint density at radius 2 is 1.56 bits per heavy atom. The molecule has 6 nitrogen and oxygen atoms in total. The maximum Gasteiger partial charge on any atom is 0.223 e. The van der Waals surface area contributed by atoms with Crippen LogP contribution in [0.5, 0.6) is 0 Å². The van der Waals surface area contributed by atoms with Gasteiger partial charge in [0.25, 0.3) is 0 Å². The van der Waals surface area contributed by atoms with Crippen LogP contribution >= 0.6 is 24.8 Å². The predicted octanol–water partition coefficient (Wildman–Crippen LogP) is 1.00. The van der Waals surface area contributed by atoms with Gasteiger partial charge in [0.15, 0.2) is 0 Å². The minimum absolute atomic E-state index is 0. The number of aliphatic hydroxyl groups is 1. The number of rotatable bonds is 6. The van der Waals surface area contributed by atoms with Crippen LogP contribution in [0.4, 0.5) is 0 Å². The summed E-state index contributed by atoms with van der Waals surface area (Å²) in [5.41, 5.74) is 0.978. The van der Waals surface area contributed by atoms with E-state index in [0.717, 1.165) is 64.5 Å². The van der Waals surface area contributed by atoms with E-state index in [9.17, 15) is 9.90 Å². The van der Waals surface area contributed by atoms with Crippen molar-refractivity contribution in [1.29, 1.82) is 0 Å². The van der Waals surface area contributed by atoms with Crippen molar-refractivity contribution in [1.82, 2.24) is 20.0 Å². The molecule has 1 unspecified atom stereocenters. The Labute approximate surface area is 174 Å². The summed E-state index contributed by atoms with van der Waals surface area (Å²) in [5.74, 6) is 0.281. The molecule has 1 amide bonds. The van der Waals surface area contributed by atoms with Gasteiger partial charge in [-0.1, -0.05) is 30.3 Å². The second-order valence-electron chi connectivity index (χ2n) is 6.95. The molecule has 2 fully saturated rings. The van der Waals surface area contributed by atoms with E-state index in [1.165, 1.54) is 0 Å². The maximum atomic E-state index is 12.2. The number of benzene rings is 1. The summed E-state index contributed by atoms with van der Waals surface area (Å²) in [7, 11) is 0. The Balaban J connectivity index is 0.00000182. The van der Waals surface area contributed by atoms with Gasteiger partial charge in [-0.2, -0.15) is 0 Å². The molecule has 1 aromatic carbocycles. The lowest BCUT2D eigenvalue weighted by atomic mass is 10.1. The molecule has 1 atom stereocenters. The van der Waals surface area contributed by atoms with Crippen molar-refractivity contribution in [3.05, 3.63) is 35.9 Å². The first-order chi connectivity index (χ1) is 12.2. The van der Waals surface area contributed by atoms with Gasteiger partial charge in [0.2, 0.25) is 5.91 Å². The normalized spacial score (nSPS) is 19.7. The second kappa shape index (κ2) is 12.5. The molecule has 3 rings (SSSR count). The van der Waals surface area contributed by atoms with E-state index >= 15 is 0 Å². The van der Waals surface area contributed by atoms with Crippen LogP contribution in [-0.2, 0) is 4.79 Å². The predicted molar refractivity (Wildman–Crippen MR) is 113 cm³/mol. The van der Waals surface area contributed by atoms with Crippen LogP contribution in [0.1, 0.15) is 18.1 Å². The van der Waals surface area contributed by atoms with Gasteiger partial charge in [-0.3, -0.25) is 9.69 Å². The average Bonchev–Trinajstić information content (AvgIpc) is 2.68. The van der Waals surface area contributed by atoms with Crippen molar-refractivity contribution in [3.8, 4) is 0 Å². The molecule has 2 aliphatic rings. The molecular weight excluding hydrogens is 387 g/mol. The lowest BCUT2D eigenvalue weighted by molar-refractivity contribution is -0.132. The third-order valence-corrected chi connectivity index (χ3v) is 5.19. The minimum Gasteiger partial charge on any atom is -0.387 e. The summed E-state index contributed by atoms with van der Waals surface area (Å²) >= 11 is 0. The molecule has 2 saturated heterocycles. The van der Waals surface area contributed by atoms with Crippen molar-refractivity contribution >= 4 is 30.7 Å². The highest BCUT2D eigenvalue weighted by Gasteiger charge is 2.21. The third-order valence-electron chi connectivity index (χ3n) is 5.19. The molecule has 2 aliphatic heterocycles. The molecule has 0 radical (unpaired) electrons. The van der Waals surface area contributed by atoms with Gasteiger partial charge in [0, 0.05) is 71.9 Å². The summed E-state index contributed by atoms with van der Waals surface area (Å²) < 4.78 is 0. The van der Waals surface area contributed by atoms with Crippen LogP contribution in [0.3, 0.4) is 0 Å². The molecule has 0 bridgehead atoms. The summed E-state index contributed by atoms with van der Waals surface area (Å²) in [6, 6.07) is 9.85. The Bertz CT molecular complexity index is 536. The van der Waals surface area contributed by atoms with Crippen molar-refractivity contribution < 1.29 is 9.90 Å². The largest absolute Gasteiger partial charge is 0.387 e. The molecule has 27 heavy (non-hydrogen) atoms. The van der Waals surface area contributed by atoms with Gasteiger partial charge in [-0.25, -0.2) is 0 Å². The van der Waals surface area contributed by atoms with E-state index in [2.05, 4.69) is 15.1 Å². The fourth-order valence-corrected chi connectivity index (χ4v) is 3.55. The van der Waals surface area contributed by atoms with Crippen LogP contribution in [-0.4, -0.2) is 91.2 Å². The molecule has 0 spiro atoms. The Morgan fingerprint density at radius 1 is 0.963 bits per heavy atom. The van der Waals surface area contributed by atoms with Gasteiger partial charge >= 0.3 is 0 Å². The molecule has 2 heterocycles. The van der Waals surface area contributed by atoms with Crippen molar-refractivity contribution in [3.63, 3.8) is 0 Å². The zero-order valence-electron chi connectivity index (χ0n) is 15.8. The number of nitrogens with zero attached hydrogens (tertiary/aromatic N) is 3. The standard InChI is InChI=1S/C19H30N4O2.2ClH/c24-18(17-4-2-1-3-5-17)16-22-14-12-21(13-15-22)9-6-19(25)23-10-7-20-8-11-23;;/h1-5,18,20,24H,6-16H2;2*1H. The topological polar surface area (TPSA) is 59.1 Å². The quantitative estimate of drug-likeness (QED) is 0.721. The number of hydrogen-bond acceptors (Lipinski definition) is 5. The zero-order valence-corrected chi connectivity index (χ0v) is 17.4. The summed E-state index contributed by atoms with van der Waals surface area (Å²) in [5, 5.41) is 13.6. The van der Waals surface area contributed by atoms with E-state index in [0.29, 0.717) is 13.0 Å². The maximum absolute atomic E-state index is 12.2. The van der Waals surface area contributed by atoms with E-state index < -0.39 is 6.10 Å². The van der Waals surface area contributed by atoms with Crippen molar-refractivity contribution in [2.45, 2.75) is 12.5 Å². The Morgan fingerprint density at radius 3 is 2.19 bits per heavy atom. The monoisotopic (exact) mass is 418 g/mol. The Hall–Kier alpha value is -0.890. The highest BCUT2D eigenvalue weighted by molar-refractivity contribution is 5.85. The van der Waals surface area contributed by atoms with Gasteiger partial charge in [-0.05, 0) is 5.56 Å². The van der Waals surface area contributed by atoms with Crippen LogP contribution < -0.4 is 5.32 Å². The van der Waals surface area contributed by atoms with Crippen LogP contribution in [0.25, 0.3) is 0 Å². The second-order valence-corrected chi connectivity index (χ2v) is 6.95. The van der Waals surface area contributed by atoms with E-state index in [1.54, 1.807) is 0 Å². The fourth-order valence-electron chi connectivity index (χ4n) is 3.55. The van der Waals surface area contributed by atoms with E-state index in [1.807, 2.05) is 35.2 Å². The SMILES string of the molecule is Cl.Cl.O=C(CCN1CCN(CC(O)c2ccccc2)CC1)N1CCNCC1. The van der Waals surface area contributed by atoms with Gasteiger partial charge in [0.1, 0.15) is 0 Å². The first-order valence-corrected chi connectivity index (χ1v) is 9.38. The number of halogens is 2. The van der Waals surface area contributed by atoms with Crippen LogP contribution in [0, 0.1) is 0 Å². The van der Waals surface area contributed by atoms with Crippen LogP contribution in [0.15, 0.2) is 30.3 Å². The summed E-state index contributed by atoms with van der Waals surface area (Å²) in [4.78, 5) is 18.9. The van der Waals surface area contributed by atoms with E-state index in [-0.39, 0.29) is 30.7 Å². The van der Waals surface area contributed by atoms with Crippen molar-refractivity contribution in [2.24, 2.45) is 0 Å². The van der Waals surface area contributed by atoms with E-state index in [4.69, 9.17) is 0 Å². The Kier molecular flexibility index (Phi) is 11.2. The first kappa shape index (κ1) is 24.1. The van der Waals surface area contributed by atoms with Crippen molar-refractivity contribution in [2.75, 3.05) is 65.4 Å². The van der Waals surface area contributed by atoms with Gasteiger partial charge in [0.05, 0.1) is 6.10 Å². The number of carbonyl (C=O) groups is 1. The average molecular weight is 419 g/mol. The van der Waals surface area contributed by atoms with Gasteiger partial charge < -0.3 is 20.2 Å². The number of β-amino-alcohol motifs (C(OH)–C–C–N with tert-alkyl or cyclic N) is 1. The number of aliphatic hydroxyl groups excluding tert-OH is 1. The zero-order chi connectivity index (χ0) is 17.5. The molecule has 8 heteroatoms. The lowest BCUT2D eigenvalue weighted by Gasteiger charge is -2.36. The number of hydrogen-bond donors (Lipinski definition) is 2. The smallest absolute Gasteiger partial charge is 0.223 e. The number of nitrogens with one attached hydrogen (secondary N) is 1. The third kappa shape index (κ3) is 7.56. The molecule has 0 aliphatic carbocycles. The molecule has 154 valence electrons. The highest BCUT2D eigenvalue weighted by Crippen LogP contribution is 2.15. The first-order valence-electron chi connectivity index (χ1n) is 9.38. The summed E-state index contributed by atoms with van der Waals surface area (Å²) in [6.07, 6.45) is 0.189. The molecule has 0 saturated carbocycles.